The van der Waals surface area contributed by atoms with Crippen LogP contribution in [0.3, 0.4) is 0 Å². The van der Waals surface area contributed by atoms with Gasteiger partial charge in [-0.1, -0.05) is 0 Å². The summed E-state index contributed by atoms with van der Waals surface area (Å²) in [4.78, 5) is 3.74. The average Bonchev–Trinajstić information content (AvgIpc) is 2.81. The highest BCUT2D eigenvalue weighted by atomic mass is 32.2. The molecule has 1 N–H and O–H groups in total. The van der Waals surface area contributed by atoms with E-state index >= 15 is 0 Å². The van der Waals surface area contributed by atoms with E-state index in [2.05, 4.69) is 24.1 Å². The van der Waals surface area contributed by atoms with Crippen LogP contribution in [0.4, 0.5) is 0 Å². The van der Waals surface area contributed by atoms with E-state index in [0.29, 0.717) is 30.6 Å². The van der Waals surface area contributed by atoms with Crippen molar-refractivity contribution in [2.75, 3.05) is 33.2 Å². The lowest BCUT2D eigenvalue weighted by molar-refractivity contribution is 0.154. The lowest BCUT2D eigenvalue weighted by Gasteiger charge is -2.36. The van der Waals surface area contributed by atoms with Crippen LogP contribution in [-0.4, -0.2) is 56.9 Å². The first-order valence-corrected chi connectivity index (χ1v) is 9.65. The molecule has 1 aliphatic heterocycles. The zero-order valence-electron chi connectivity index (χ0n) is 13.2. The van der Waals surface area contributed by atoms with Gasteiger partial charge in [0.15, 0.2) is 0 Å². The highest BCUT2D eigenvalue weighted by molar-refractivity contribution is 7.89. The Balaban J connectivity index is 2.22. The predicted octanol–water partition coefficient (Wildman–Crippen LogP) is 1.49. The van der Waals surface area contributed by atoms with Crippen LogP contribution >= 0.6 is 11.3 Å². The van der Waals surface area contributed by atoms with E-state index in [-0.39, 0.29) is 0 Å². The molecule has 0 spiro atoms. The molecule has 1 saturated heterocycles. The molecular formula is C14H25N3O2S2. The molecule has 0 aromatic carbocycles. The molecule has 0 atom stereocenters. The number of nitrogens with zero attached hydrogens (tertiary/aromatic N) is 2. The highest BCUT2D eigenvalue weighted by Crippen LogP contribution is 2.30. The number of thiophene rings is 1. The maximum absolute atomic E-state index is 12.9. The van der Waals surface area contributed by atoms with Crippen molar-refractivity contribution >= 4 is 21.4 Å². The Morgan fingerprint density at radius 3 is 2.43 bits per heavy atom. The zero-order chi connectivity index (χ0) is 15.6. The van der Waals surface area contributed by atoms with Crippen LogP contribution in [0.2, 0.25) is 0 Å². The Morgan fingerprint density at radius 2 is 1.90 bits per heavy atom. The van der Waals surface area contributed by atoms with E-state index in [9.17, 15) is 8.42 Å². The molecule has 7 heteroatoms. The van der Waals surface area contributed by atoms with Crippen molar-refractivity contribution in [2.24, 2.45) is 0 Å². The summed E-state index contributed by atoms with van der Waals surface area (Å²) in [6, 6.07) is 0.470. The van der Waals surface area contributed by atoms with Crippen molar-refractivity contribution < 1.29 is 8.42 Å². The van der Waals surface area contributed by atoms with Crippen molar-refractivity contribution in [3.63, 3.8) is 0 Å². The topological polar surface area (TPSA) is 52.7 Å². The molecule has 120 valence electrons. The molecule has 1 fully saturated rings. The second kappa shape index (κ2) is 6.75. The molecular weight excluding hydrogens is 306 g/mol. The lowest BCUT2D eigenvalue weighted by atomic mass is 10.3. The first-order valence-electron chi connectivity index (χ1n) is 7.33. The molecule has 0 bridgehead atoms. The number of piperazine rings is 1. The SMILES string of the molecule is CNCc1scc(C)c1S(=O)(=O)N1CCN(C(C)C)CC1. The monoisotopic (exact) mass is 331 g/mol. The summed E-state index contributed by atoms with van der Waals surface area (Å²) in [7, 11) is -1.53. The average molecular weight is 332 g/mol. The largest absolute Gasteiger partial charge is 0.315 e. The summed E-state index contributed by atoms with van der Waals surface area (Å²) in [5.41, 5.74) is 0.858. The van der Waals surface area contributed by atoms with Crippen LogP contribution in [0.1, 0.15) is 24.3 Å². The molecule has 0 aliphatic carbocycles. The third-order valence-electron chi connectivity index (χ3n) is 3.93. The zero-order valence-corrected chi connectivity index (χ0v) is 14.9. The summed E-state index contributed by atoms with van der Waals surface area (Å²) in [5, 5.41) is 4.99. The van der Waals surface area contributed by atoms with Crippen LogP contribution < -0.4 is 5.32 Å². The van der Waals surface area contributed by atoms with E-state index in [4.69, 9.17) is 0 Å². The van der Waals surface area contributed by atoms with Gasteiger partial charge in [0.25, 0.3) is 0 Å². The maximum Gasteiger partial charge on any atom is 0.244 e. The summed E-state index contributed by atoms with van der Waals surface area (Å²) in [6.07, 6.45) is 0. The van der Waals surface area contributed by atoms with Crippen LogP contribution in [0.15, 0.2) is 10.3 Å². The van der Waals surface area contributed by atoms with Gasteiger partial charge in [-0.3, -0.25) is 4.90 Å². The van der Waals surface area contributed by atoms with Gasteiger partial charge in [-0.05, 0) is 38.8 Å². The normalized spacial score (nSPS) is 18.5. The van der Waals surface area contributed by atoms with Gasteiger partial charge in [0.2, 0.25) is 10.0 Å². The molecule has 21 heavy (non-hydrogen) atoms. The molecule has 1 aliphatic rings. The van der Waals surface area contributed by atoms with E-state index in [1.807, 2.05) is 19.4 Å². The molecule has 0 amide bonds. The van der Waals surface area contributed by atoms with Gasteiger partial charge >= 0.3 is 0 Å². The number of rotatable bonds is 5. The van der Waals surface area contributed by atoms with Crippen molar-refractivity contribution in [1.82, 2.24) is 14.5 Å². The summed E-state index contributed by atoms with van der Waals surface area (Å²) < 4.78 is 27.5. The van der Waals surface area contributed by atoms with E-state index < -0.39 is 10.0 Å². The van der Waals surface area contributed by atoms with E-state index in [0.717, 1.165) is 23.5 Å². The fourth-order valence-corrected chi connectivity index (χ4v) is 5.90. The Morgan fingerprint density at radius 1 is 1.29 bits per heavy atom. The first-order chi connectivity index (χ1) is 9.87. The summed E-state index contributed by atoms with van der Waals surface area (Å²) >= 11 is 1.52. The molecule has 2 heterocycles. The van der Waals surface area contributed by atoms with Gasteiger partial charge in [-0.15, -0.1) is 11.3 Å². The number of sulfonamides is 1. The Bertz CT molecular complexity index is 573. The van der Waals surface area contributed by atoms with Gasteiger partial charge in [0.1, 0.15) is 4.90 Å². The van der Waals surface area contributed by atoms with Gasteiger partial charge in [-0.2, -0.15) is 4.31 Å². The second-order valence-corrected chi connectivity index (χ2v) is 8.57. The smallest absolute Gasteiger partial charge is 0.244 e. The van der Waals surface area contributed by atoms with Gasteiger partial charge in [-0.25, -0.2) is 8.42 Å². The van der Waals surface area contributed by atoms with Crippen molar-refractivity contribution in [2.45, 2.75) is 38.3 Å². The van der Waals surface area contributed by atoms with Crippen molar-refractivity contribution in [3.8, 4) is 0 Å². The quantitative estimate of drug-likeness (QED) is 0.888. The fourth-order valence-electron chi connectivity index (χ4n) is 2.71. The summed E-state index contributed by atoms with van der Waals surface area (Å²) in [5.74, 6) is 0. The molecule has 0 unspecified atom stereocenters. The van der Waals surface area contributed by atoms with Gasteiger partial charge in [0.05, 0.1) is 0 Å². The van der Waals surface area contributed by atoms with Gasteiger partial charge in [0, 0.05) is 43.6 Å². The van der Waals surface area contributed by atoms with Crippen LogP contribution in [0.25, 0.3) is 0 Å². The van der Waals surface area contributed by atoms with E-state index in [1.54, 1.807) is 4.31 Å². The van der Waals surface area contributed by atoms with Crippen LogP contribution in [-0.2, 0) is 16.6 Å². The Hall–Kier alpha value is -0.470. The standard InChI is InChI=1S/C14H25N3O2S2/c1-11(2)16-5-7-17(8-6-16)21(18,19)14-12(3)10-20-13(14)9-15-4/h10-11,15H,5-9H2,1-4H3. The van der Waals surface area contributed by atoms with Crippen molar-refractivity contribution in [3.05, 3.63) is 15.8 Å². The predicted molar refractivity (Wildman–Crippen MR) is 87.3 cm³/mol. The summed E-state index contributed by atoms with van der Waals surface area (Å²) in [6.45, 7) is 9.55. The molecule has 0 radical (unpaired) electrons. The third kappa shape index (κ3) is 3.48. The minimum Gasteiger partial charge on any atom is -0.315 e. The Kier molecular flexibility index (Phi) is 5.43. The second-order valence-electron chi connectivity index (χ2n) is 5.74. The number of hydrogen-bond acceptors (Lipinski definition) is 5. The molecule has 5 nitrogen and oxygen atoms in total. The third-order valence-corrected chi connectivity index (χ3v) is 7.29. The number of hydrogen-bond donors (Lipinski definition) is 1. The molecule has 1 aromatic heterocycles. The minimum absolute atomic E-state index is 0.470. The van der Waals surface area contributed by atoms with Crippen LogP contribution in [0.5, 0.6) is 0 Å². The number of aryl methyl sites for hydroxylation is 1. The van der Waals surface area contributed by atoms with Crippen LogP contribution in [0, 0.1) is 6.92 Å². The van der Waals surface area contributed by atoms with Crippen molar-refractivity contribution in [1.29, 1.82) is 0 Å². The molecule has 0 saturated carbocycles. The maximum atomic E-state index is 12.9. The molecule has 1 aromatic rings. The lowest BCUT2D eigenvalue weighted by Crippen LogP contribution is -2.50. The number of nitrogens with one attached hydrogen (secondary N) is 1. The first kappa shape index (κ1) is 16.9. The minimum atomic E-state index is -3.37. The van der Waals surface area contributed by atoms with Gasteiger partial charge < -0.3 is 5.32 Å². The molecule has 2 rings (SSSR count). The highest BCUT2D eigenvalue weighted by Gasteiger charge is 2.32. The fraction of sp³-hybridized carbons (Fsp3) is 0.714. The Labute approximate surface area is 132 Å². The van der Waals surface area contributed by atoms with E-state index in [1.165, 1.54) is 11.3 Å².